The van der Waals surface area contributed by atoms with Crippen LogP contribution >= 0.6 is 12.4 Å². The molecule has 0 aromatic heterocycles. The first-order valence-electron chi connectivity index (χ1n) is 6.30. The molecular formula is C12H20ClF2NO2. The number of halogens is 3. The Labute approximate surface area is 112 Å². The quantitative estimate of drug-likeness (QED) is 0.791. The topological polar surface area (TPSA) is 38.3 Å². The monoisotopic (exact) mass is 283 g/mol. The molecule has 1 aliphatic heterocycles. The van der Waals surface area contributed by atoms with Crippen molar-refractivity contribution >= 4 is 18.4 Å². The lowest BCUT2D eigenvalue weighted by molar-refractivity contribution is -0.206. The zero-order chi connectivity index (χ0) is 12.5. The number of rotatable bonds is 2. The SMILES string of the molecule is CCOC(=O)C12CCCCC(CNC1)C2(F)F.Cl. The number of esters is 1. The summed E-state index contributed by atoms with van der Waals surface area (Å²) in [6.45, 7) is 2.14. The highest BCUT2D eigenvalue weighted by Crippen LogP contribution is 2.52. The van der Waals surface area contributed by atoms with E-state index in [0.29, 0.717) is 19.4 Å². The van der Waals surface area contributed by atoms with Crippen molar-refractivity contribution in [3.05, 3.63) is 0 Å². The van der Waals surface area contributed by atoms with Gasteiger partial charge in [0.05, 0.1) is 6.61 Å². The van der Waals surface area contributed by atoms with Gasteiger partial charge in [-0.05, 0) is 19.8 Å². The predicted octanol–water partition coefficient (Wildman–Crippen LogP) is 2.39. The Hall–Kier alpha value is -0.420. The third kappa shape index (κ3) is 2.23. The fourth-order valence-corrected chi connectivity index (χ4v) is 3.03. The van der Waals surface area contributed by atoms with Gasteiger partial charge in [-0.25, -0.2) is 8.78 Å². The van der Waals surface area contributed by atoms with E-state index in [9.17, 15) is 13.6 Å². The van der Waals surface area contributed by atoms with E-state index in [-0.39, 0.29) is 32.0 Å². The summed E-state index contributed by atoms with van der Waals surface area (Å²) in [4.78, 5) is 12.0. The van der Waals surface area contributed by atoms with Gasteiger partial charge < -0.3 is 10.1 Å². The summed E-state index contributed by atoms with van der Waals surface area (Å²) < 4.78 is 33.8. The molecule has 1 saturated heterocycles. The summed E-state index contributed by atoms with van der Waals surface area (Å²) in [7, 11) is 0. The van der Waals surface area contributed by atoms with Gasteiger partial charge in [-0.15, -0.1) is 12.4 Å². The van der Waals surface area contributed by atoms with Gasteiger partial charge in [0.2, 0.25) is 0 Å². The van der Waals surface area contributed by atoms with Crippen LogP contribution in [0.5, 0.6) is 0 Å². The second kappa shape index (κ2) is 5.70. The number of alkyl halides is 2. The molecule has 2 unspecified atom stereocenters. The van der Waals surface area contributed by atoms with Crippen LogP contribution in [0, 0.1) is 11.3 Å². The van der Waals surface area contributed by atoms with Crippen molar-refractivity contribution < 1.29 is 18.3 Å². The van der Waals surface area contributed by atoms with Crippen LogP contribution < -0.4 is 5.32 Å². The molecular weight excluding hydrogens is 264 g/mol. The summed E-state index contributed by atoms with van der Waals surface area (Å²) in [5, 5.41) is 2.98. The lowest BCUT2D eigenvalue weighted by Crippen LogP contribution is -2.62. The summed E-state index contributed by atoms with van der Waals surface area (Å²) in [5.74, 6) is -4.41. The van der Waals surface area contributed by atoms with Gasteiger partial charge in [-0.3, -0.25) is 4.79 Å². The van der Waals surface area contributed by atoms with E-state index in [4.69, 9.17) is 4.74 Å². The average Bonchev–Trinajstić information content (AvgIpc) is 2.38. The fraction of sp³-hybridized carbons (Fsp3) is 0.917. The Morgan fingerprint density at radius 2 is 2.17 bits per heavy atom. The third-order valence-electron chi connectivity index (χ3n) is 4.04. The van der Waals surface area contributed by atoms with E-state index in [1.54, 1.807) is 6.92 Å². The molecule has 1 N–H and O–H groups in total. The van der Waals surface area contributed by atoms with Crippen LogP contribution in [-0.2, 0) is 9.53 Å². The van der Waals surface area contributed by atoms with Crippen LogP contribution in [0.4, 0.5) is 8.78 Å². The summed E-state index contributed by atoms with van der Waals surface area (Å²) in [6, 6.07) is 0. The summed E-state index contributed by atoms with van der Waals surface area (Å²) in [5.41, 5.74) is -1.64. The number of fused-ring (bicyclic) bond motifs is 2. The molecule has 0 aromatic carbocycles. The van der Waals surface area contributed by atoms with Crippen molar-refractivity contribution in [2.24, 2.45) is 11.3 Å². The molecule has 1 heterocycles. The van der Waals surface area contributed by atoms with Crippen LogP contribution in [0.3, 0.4) is 0 Å². The molecule has 2 aliphatic rings. The second-order valence-electron chi connectivity index (χ2n) is 5.00. The number of piperidine rings is 1. The standard InChI is InChI=1S/C12H19F2NO2.ClH/c1-2-17-10(16)11-6-4-3-5-9(7-15-8-11)12(11,13)14;/h9,15H,2-8H2,1H3;1H. The summed E-state index contributed by atoms with van der Waals surface area (Å²) in [6.07, 6.45) is 2.15. The molecule has 2 fully saturated rings. The largest absolute Gasteiger partial charge is 0.465 e. The van der Waals surface area contributed by atoms with Crippen LogP contribution in [0.15, 0.2) is 0 Å². The van der Waals surface area contributed by atoms with Crippen LogP contribution in [0.2, 0.25) is 0 Å². The third-order valence-corrected chi connectivity index (χ3v) is 4.04. The van der Waals surface area contributed by atoms with Crippen LogP contribution in [0.1, 0.15) is 32.6 Å². The number of hydrogen-bond donors (Lipinski definition) is 1. The van der Waals surface area contributed by atoms with Crippen molar-refractivity contribution in [3.63, 3.8) is 0 Å². The lowest BCUT2D eigenvalue weighted by Gasteiger charge is -2.44. The Balaban J connectivity index is 0.00000162. The molecule has 106 valence electrons. The molecule has 1 aliphatic carbocycles. The first-order valence-corrected chi connectivity index (χ1v) is 6.30. The van der Waals surface area contributed by atoms with Gasteiger partial charge in [0.1, 0.15) is 5.41 Å². The Kier molecular flexibility index (Phi) is 4.95. The highest BCUT2D eigenvalue weighted by molar-refractivity contribution is 5.85. The smallest absolute Gasteiger partial charge is 0.319 e. The van der Waals surface area contributed by atoms with Crippen molar-refractivity contribution in [3.8, 4) is 0 Å². The molecule has 6 heteroatoms. The fourth-order valence-electron chi connectivity index (χ4n) is 3.03. The van der Waals surface area contributed by atoms with Gasteiger partial charge >= 0.3 is 5.97 Å². The molecule has 18 heavy (non-hydrogen) atoms. The molecule has 1 saturated carbocycles. The van der Waals surface area contributed by atoms with E-state index in [2.05, 4.69) is 5.32 Å². The minimum Gasteiger partial charge on any atom is -0.465 e. The highest BCUT2D eigenvalue weighted by Gasteiger charge is 2.65. The van der Waals surface area contributed by atoms with E-state index >= 15 is 0 Å². The van der Waals surface area contributed by atoms with Crippen molar-refractivity contribution in [2.75, 3.05) is 19.7 Å². The van der Waals surface area contributed by atoms with Crippen molar-refractivity contribution in [1.29, 1.82) is 0 Å². The maximum Gasteiger partial charge on any atom is 0.319 e. The normalized spacial score (nSPS) is 34.1. The Bertz CT molecular complexity index is 314. The van der Waals surface area contributed by atoms with Gasteiger partial charge in [0, 0.05) is 19.0 Å². The molecule has 2 bridgehead atoms. The van der Waals surface area contributed by atoms with E-state index in [0.717, 1.165) is 6.42 Å². The lowest BCUT2D eigenvalue weighted by atomic mass is 9.71. The Morgan fingerprint density at radius 3 is 2.83 bits per heavy atom. The molecule has 3 nitrogen and oxygen atoms in total. The molecule has 0 spiro atoms. The first-order chi connectivity index (χ1) is 8.04. The molecule has 0 aromatic rings. The Morgan fingerprint density at radius 1 is 1.44 bits per heavy atom. The zero-order valence-electron chi connectivity index (χ0n) is 10.5. The number of carbonyl (C=O) groups excluding carboxylic acids is 1. The highest BCUT2D eigenvalue weighted by atomic mass is 35.5. The zero-order valence-corrected chi connectivity index (χ0v) is 11.3. The van der Waals surface area contributed by atoms with Gasteiger partial charge in [-0.1, -0.05) is 12.8 Å². The average molecular weight is 284 g/mol. The number of hydrogen-bond acceptors (Lipinski definition) is 3. The maximum absolute atomic E-state index is 14.5. The second-order valence-corrected chi connectivity index (χ2v) is 5.00. The first kappa shape index (κ1) is 15.6. The minimum atomic E-state index is -2.94. The van der Waals surface area contributed by atoms with Crippen LogP contribution in [0.25, 0.3) is 0 Å². The van der Waals surface area contributed by atoms with E-state index in [1.807, 2.05) is 0 Å². The van der Waals surface area contributed by atoms with E-state index < -0.39 is 23.2 Å². The van der Waals surface area contributed by atoms with E-state index in [1.165, 1.54) is 0 Å². The number of ether oxygens (including phenoxy) is 1. The van der Waals surface area contributed by atoms with Gasteiger partial charge in [0.25, 0.3) is 5.92 Å². The van der Waals surface area contributed by atoms with Gasteiger partial charge in [0.15, 0.2) is 0 Å². The van der Waals surface area contributed by atoms with Crippen molar-refractivity contribution in [1.82, 2.24) is 5.32 Å². The van der Waals surface area contributed by atoms with Gasteiger partial charge in [-0.2, -0.15) is 0 Å². The predicted molar refractivity (Wildman–Crippen MR) is 66.1 cm³/mol. The van der Waals surface area contributed by atoms with Crippen molar-refractivity contribution in [2.45, 2.75) is 38.5 Å². The molecule has 2 rings (SSSR count). The number of nitrogens with one attached hydrogen (secondary N) is 1. The molecule has 2 atom stereocenters. The maximum atomic E-state index is 14.5. The number of carbonyl (C=O) groups is 1. The molecule has 0 amide bonds. The minimum absolute atomic E-state index is 0. The summed E-state index contributed by atoms with van der Waals surface area (Å²) >= 11 is 0. The van der Waals surface area contributed by atoms with Crippen LogP contribution in [-0.4, -0.2) is 31.6 Å². The molecule has 0 radical (unpaired) electrons.